The molecule has 0 saturated heterocycles. The number of aldehydes is 1. The van der Waals surface area contributed by atoms with Crippen LogP contribution in [-0.2, 0) is 9.22 Å². The van der Waals surface area contributed by atoms with Crippen molar-refractivity contribution in [3.05, 3.63) is 11.1 Å². The molecule has 0 spiro atoms. The minimum absolute atomic E-state index is 0.0164. The number of carbonyl (C=O) groups is 1. The summed E-state index contributed by atoms with van der Waals surface area (Å²) in [6, 6.07) is 0. The molecule has 0 heterocycles. The van der Waals surface area contributed by atoms with Gasteiger partial charge < -0.3 is 4.43 Å². The first-order valence-electron chi connectivity index (χ1n) is 8.48. The van der Waals surface area contributed by atoms with E-state index < -0.39 is 8.32 Å². The van der Waals surface area contributed by atoms with Crippen molar-refractivity contribution in [2.45, 2.75) is 83.5 Å². The maximum Gasteiger partial charge on any atom is 0.192 e. The highest BCUT2D eigenvalue weighted by Gasteiger charge is 2.38. The smallest absolute Gasteiger partial charge is 0.192 e. The van der Waals surface area contributed by atoms with Gasteiger partial charge in [0.2, 0.25) is 0 Å². The number of terminal acetylenes is 1. The van der Waals surface area contributed by atoms with Gasteiger partial charge in [0, 0.05) is 24.0 Å². The second-order valence-electron chi connectivity index (χ2n) is 7.74. The van der Waals surface area contributed by atoms with Gasteiger partial charge in [-0.3, -0.25) is 4.79 Å². The quantitative estimate of drug-likeness (QED) is 0.409. The van der Waals surface area contributed by atoms with E-state index in [1.165, 1.54) is 0 Å². The zero-order chi connectivity index (χ0) is 17.5. The first-order chi connectivity index (χ1) is 10.7. The molecule has 0 fully saturated rings. The third kappa shape index (κ3) is 6.02. The van der Waals surface area contributed by atoms with Crippen LogP contribution in [0.1, 0.15) is 59.3 Å². The summed E-state index contributed by atoms with van der Waals surface area (Å²) >= 11 is 0. The lowest BCUT2D eigenvalue weighted by atomic mass is 9.93. The van der Waals surface area contributed by atoms with E-state index in [2.05, 4.69) is 51.6 Å². The van der Waals surface area contributed by atoms with Gasteiger partial charge in [-0.05, 0) is 43.8 Å². The Labute approximate surface area is 143 Å². The van der Waals surface area contributed by atoms with Gasteiger partial charge in [-0.25, -0.2) is 0 Å². The van der Waals surface area contributed by atoms with E-state index in [0.29, 0.717) is 12.8 Å². The largest absolute Gasteiger partial charge is 0.412 e. The predicted molar refractivity (Wildman–Crippen MR) is 99.5 cm³/mol. The Morgan fingerprint density at radius 3 is 2.48 bits per heavy atom. The van der Waals surface area contributed by atoms with Crippen molar-refractivity contribution < 1.29 is 9.22 Å². The van der Waals surface area contributed by atoms with Crippen LogP contribution in [0.5, 0.6) is 0 Å². The lowest BCUT2D eigenvalue weighted by Gasteiger charge is -2.38. The topological polar surface area (TPSA) is 26.3 Å². The molecule has 0 saturated carbocycles. The molecule has 0 radical (unpaired) electrons. The fourth-order valence-electron chi connectivity index (χ4n) is 2.35. The standard InChI is InChI=1S/C20H30O2Si/c1-7-11-19(22-23(5,6)20(2,3)4)15-10-14-17-12-8-9-13-18(17)16-21/h1,16,19H,8-9,11-13,15H2,2-6H3. The maximum atomic E-state index is 11.1. The maximum absolute atomic E-state index is 11.1. The molecule has 3 heteroatoms. The van der Waals surface area contributed by atoms with Crippen molar-refractivity contribution in [3.8, 4) is 24.2 Å². The first kappa shape index (κ1) is 19.8. The summed E-state index contributed by atoms with van der Waals surface area (Å²) in [5, 5.41) is 0.157. The molecule has 1 aliphatic rings. The van der Waals surface area contributed by atoms with Crippen LogP contribution in [0, 0.1) is 24.2 Å². The van der Waals surface area contributed by atoms with Gasteiger partial charge in [0.25, 0.3) is 0 Å². The predicted octanol–water partition coefficient (Wildman–Crippen LogP) is 4.86. The molecule has 0 bridgehead atoms. The van der Waals surface area contributed by atoms with Crippen molar-refractivity contribution >= 4 is 14.6 Å². The van der Waals surface area contributed by atoms with Crippen LogP contribution < -0.4 is 0 Å². The molecule has 0 aromatic heterocycles. The van der Waals surface area contributed by atoms with Crippen LogP contribution in [0.15, 0.2) is 11.1 Å². The van der Waals surface area contributed by atoms with Crippen molar-refractivity contribution in [3.63, 3.8) is 0 Å². The summed E-state index contributed by atoms with van der Waals surface area (Å²) in [6.45, 7) is 11.1. The molecular formula is C20H30O2Si. The highest BCUT2D eigenvalue weighted by molar-refractivity contribution is 6.74. The van der Waals surface area contributed by atoms with Gasteiger partial charge in [0.05, 0.1) is 6.10 Å². The van der Waals surface area contributed by atoms with Crippen LogP contribution in [-0.4, -0.2) is 20.7 Å². The summed E-state index contributed by atoms with van der Waals surface area (Å²) < 4.78 is 6.39. The van der Waals surface area contributed by atoms with Crippen molar-refractivity contribution in [2.75, 3.05) is 0 Å². The summed E-state index contributed by atoms with van der Waals surface area (Å²) in [5.41, 5.74) is 1.89. The molecule has 1 rings (SSSR count). The lowest BCUT2D eigenvalue weighted by Crippen LogP contribution is -2.43. The Balaban J connectivity index is 2.79. The van der Waals surface area contributed by atoms with Gasteiger partial charge in [0.1, 0.15) is 6.29 Å². The summed E-state index contributed by atoms with van der Waals surface area (Å²) in [6.07, 6.45) is 11.7. The van der Waals surface area contributed by atoms with Crippen LogP contribution in [0.25, 0.3) is 0 Å². The molecule has 23 heavy (non-hydrogen) atoms. The molecule has 0 N–H and O–H groups in total. The molecule has 1 aliphatic carbocycles. The second-order valence-corrected chi connectivity index (χ2v) is 12.5. The van der Waals surface area contributed by atoms with E-state index in [-0.39, 0.29) is 11.1 Å². The van der Waals surface area contributed by atoms with E-state index in [1.807, 2.05) is 0 Å². The average molecular weight is 331 g/mol. The minimum atomic E-state index is -1.85. The van der Waals surface area contributed by atoms with E-state index in [1.54, 1.807) is 0 Å². The zero-order valence-electron chi connectivity index (χ0n) is 15.3. The highest BCUT2D eigenvalue weighted by atomic mass is 28.4. The van der Waals surface area contributed by atoms with Gasteiger partial charge in [-0.15, -0.1) is 12.3 Å². The number of rotatable bonds is 5. The van der Waals surface area contributed by atoms with E-state index in [9.17, 15) is 4.79 Å². The van der Waals surface area contributed by atoms with Crippen LogP contribution in [0.3, 0.4) is 0 Å². The lowest BCUT2D eigenvalue weighted by molar-refractivity contribution is -0.105. The highest BCUT2D eigenvalue weighted by Crippen LogP contribution is 2.37. The Hall–Kier alpha value is -1.29. The Bertz CT molecular complexity index is 547. The molecule has 126 valence electrons. The number of hydrogen-bond donors (Lipinski definition) is 0. The van der Waals surface area contributed by atoms with Gasteiger partial charge >= 0.3 is 0 Å². The van der Waals surface area contributed by atoms with Crippen molar-refractivity contribution in [2.24, 2.45) is 0 Å². The molecule has 0 amide bonds. The normalized spacial score (nSPS) is 17.0. The molecule has 2 nitrogen and oxygen atoms in total. The fourth-order valence-corrected chi connectivity index (χ4v) is 3.71. The van der Waals surface area contributed by atoms with Crippen LogP contribution in [0.2, 0.25) is 18.1 Å². The third-order valence-corrected chi connectivity index (χ3v) is 9.37. The number of hydrogen-bond acceptors (Lipinski definition) is 2. The number of carbonyl (C=O) groups excluding carboxylic acids is 1. The molecular weight excluding hydrogens is 300 g/mol. The SMILES string of the molecule is C#CCC(CC#CC1=C(C=O)CCCC1)O[Si](C)(C)C(C)(C)C. The monoisotopic (exact) mass is 330 g/mol. The Morgan fingerprint density at radius 2 is 1.91 bits per heavy atom. The Kier molecular flexibility index (Phi) is 7.32. The minimum Gasteiger partial charge on any atom is -0.412 e. The van der Waals surface area contributed by atoms with Crippen LogP contribution >= 0.6 is 0 Å². The Morgan fingerprint density at radius 1 is 1.26 bits per heavy atom. The number of allylic oxidation sites excluding steroid dienone is 2. The van der Waals surface area contributed by atoms with E-state index in [0.717, 1.165) is 43.1 Å². The molecule has 1 unspecified atom stereocenters. The van der Waals surface area contributed by atoms with Gasteiger partial charge in [0.15, 0.2) is 8.32 Å². The third-order valence-electron chi connectivity index (χ3n) is 4.83. The second kappa shape index (κ2) is 8.53. The molecule has 0 aromatic rings. The zero-order valence-corrected chi connectivity index (χ0v) is 16.3. The van der Waals surface area contributed by atoms with Gasteiger partial charge in [-0.1, -0.05) is 32.6 Å². The van der Waals surface area contributed by atoms with Crippen LogP contribution in [0.4, 0.5) is 0 Å². The van der Waals surface area contributed by atoms with E-state index >= 15 is 0 Å². The molecule has 0 aliphatic heterocycles. The molecule has 1 atom stereocenters. The summed E-state index contributed by atoms with van der Waals surface area (Å²) in [5.74, 6) is 9.13. The average Bonchev–Trinajstić information content (AvgIpc) is 2.46. The fraction of sp³-hybridized carbons (Fsp3) is 0.650. The van der Waals surface area contributed by atoms with E-state index in [4.69, 9.17) is 10.8 Å². The van der Waals surface area contributed by atoms with Crippen molar-refractivity contribution in [1.29, 1.82) is 0 Å². The van der Waals surface area contributed by atoms with Gasteiger partial charge in [-0.2, -0.15) is 0 Å². The summed E-state index contributed by atoms with van der Waals surface area (Å²) in [4.78, 5) is 11.1. The van der Waals surface area contributed by atoms with Crippen molar-refractivity contribution in [1.82, 2.24) is 0 Å². The first-order valence-corrected chi connectivity index (χ1v) is 11.4. The molecule has 0 aromatic carbocycles. The summed E-state index contributed by atoms with van der Waals surface area (Å²) in [7, 11) is -1.85.